The highest BCUT2D eigenvalue weighted by molar-refractivity contribution is 5.48. The van der Waals surface area contributed by atoms with Crippen LogP contribution in [0.25, 0.3) is 0 Å². The molecule has 2 rings (SSSR count). The molecule has 1 N–H and O–H groups in total. The second kappa shape index (κ2) is 6.46. The first-order valence-electron chi connectivity index (χ1n) is 7.16. The van der Waals surface area contributed by atoms with Crippen molar-refractivity contribution < 1.29 is 14.2 Å². The molecular weight excluding hydrogens is 254 g/mol. The quantitative estimate of drug-likeness (QED) is 0.899. The third-order valence-corrected chi connectivity index (χ3v) is 4.05. The lowest BCUT2D eigenvalue weighted by atomic mass is 9.95. The number of nitrogens with one attached hydrogen (secondary N) is 1. The first-order chi connectivity index (χ1) is 9.60. The van der Waals surface area contributed by atoms with Gasteiger partial charge in [0.05, 0.1) is 32.5 Å². The molecule has 1 fully saturated rings. The van der Waals surface area contributed by atoms with Crippen molar-refractivity contribution in [3.63, 3.8) is 0 Å². The van der Waals surface area contributed by atoms with Crippen LogP contribution in [0.1, 0.15) is 36.9 Å². The van der Waals surface area contributed by atoms with Gasteiger partial charge in [-0.3, -0.25) is 0 Å². The van der Waals surface area contributed by atoms with Crippen LogP contribution in [0.2, 0.25) is 0 Å². The van der Waals surface area contributed by atoms with E-state index in [-0.39, 0.29) is 12.1 Å². The lowest BCUT2D eigenvalue weighted by molar-refractivity contribution is 0.0331. The predicted molar refractivity (Wildman–Crippen MR) is 79.7 cm³/mol. The molecule has 0 aliphatic carbocycles. The van der Waals surface area contributed by atoms with Crippen LogP contribution < -0.4 is 14.8 Å². The summed E-state index contributed by atoms with van der Waals surface area (Å²) >= 11 is 0. The Hall–Kier alpha value is -1.26. The van der Waals surface area contributed by atoms with E-state index >= 15 is 0 Å². The van der Waals surface area contributed by atoms with Crippen LogP contribution in [-0.2, 0) is 4.74 Å². The van der Waals surface area contributed by atoms with Gasteiger partial charge in [-0.2, -0.15) is 0 Å². The molecule has 0 spiro atoms. The van der Waals surface area contributed by atoms with Gasteiger partial charge in [-0.05, 0) is 57.0 Å². The molecule has 1 aliphatic rings. The van der Waals surface area contributed by atoms with E-state index in [1.807, 2.05) is 13.1 Å². The molecule has 0 amide bonds. The molecule has 0 saturated carbocycles. The van der Waals surface area contributed by atoms with Gasteiger partial charge in [0.15, 0.2) is 11.5 Å². The number of hydrogen-bond donors (Lipinski definition) is 1. The second-order valence-corrected chi connectivity index (χ2v) is 5.39. The smallest absolute Gasteiger partial charge is 0.161 e. The van der Waals surface area contributed by atoms with Crippen molar-refractivity contribution in [2.45, 2.75) is 44.9 Å². The summed E-state index contributed by atoms with van der Waals surface area (Å²) in [4.78, 5) is 0. The topological polar surface area (TPSA) is 39.7 Å². The predicted octanol–water partition coefficient (Wildman–Crippen LogP) is 2.84. The Morgan fingerprint density at radius 2 is 1.85 bits per heavy atom. The van der Waals surface area contributed by atoms with Crippen molar-refractivity contribution in [3.05, 3.63) is 23.3 Å². The van der Waals surface area contributed by atoms with Crippen LogP contribution in [0.3, 0.4) is 0 Å². The van der Waals surface area contributed by atoms with Crippen molar-refractivity contribution in [1.29, 1.82) is 0 Å². The van der Waals surface area contributed by atoms with E-state index in [0.717, 1.165) is 24.3 Å². The molecule has 0 aromatic heterocycles. The maximum Gasteiger partial charge on any atom is 0.161 e. The van der Waals surface area contributed by atoms with Crippen LogP contribution in [0.5, 0.6) is 11.5 Å². The van der Waals surface area contributed by atoms with E-state index in [1.54, 1.807) is 14.2 Å². The highest BCUT2D eigenvalue weighted by Gasteiger charge is 2.31. The maximum atomic E-state index is 6.02. The van der Waals surface area contributed by atoms with Crippen LogP contribution in [0.4, 0.5) is 0 Å². The summed E-state index contributed by atoms with van der Waals surface area (Å²) in [6.45, 7) is 4.23. The summed E-state index contributed by atoms with van der Waals surface area (Å²) in [7, 11) is 5.31. The third kappa shape index (κ3) is 2.91. The molecule has 1 aliphatic heterocycles. The van der Waals surface area contributed by atoms with Crippen molar-refractivity contribution in [2.75, 3.05) is 21.3 Å². The molecule has 20 heavy (non-hydrogen) atoms. The molecule has 1 saturated heterocycles. The molecule has 4 heteroatoms. The monoisotopic (exact) mass is 279 g/mol. The number of aryl methyl sites for hydroxylation is 1. The molecule has 0 radical (unpaired) electrons. The number of rotatable bonds is 5. The first-order valence-corrected chi connectivity index (χ1v) is 7.16. The van der Waals surface area contributed by atoms with Crippen LogP contribution >= 0.6 is 0 Å². The lowest BCUT2D eigenvalue weighted by Crippen LogP contribution is -2.30. The summed E-state index contributed by atoms with van der Waals surface area (Å²) < 4.78 is 16.8. The highest BCUT2D eigenvalue weighted by atomic mass is 16.5. The minimum atomic E-state index is 0.180. The van der Waals surface area contributed by atoms with Gasteiger partial charge in [0.2, 0.25) is 0 Å². The average Bonchev–Trinajstić information content (AvgIpc) is 2.87. The van der Waals surface area contributed by atoms with E-state index in [4.69, 9.17) is 14.2 Å². The molecule has 1 heterocycles. The summed E-state index contributed by atoms with van der Waals surface area (Å²) in [6, 6.07) is 4.26. The summed E-state index contributed by atoms with van der Waals surface area (Å²) in [5.41, 5.74) is 2.40. The minimum Gasteiger partial charge on any atom is -0.493 e. The number of methoxy groups -OCH3 is 2. The maximum absolute atomic E-state index is 6.02. The zero-order valence-electron chi connectivity index (χ0n) is 13.0. The van der Waals surface area contributed by atoms with Crippen molar-refractivity contribution >= 4 is 0 Å². The van der Waals surface area contributed by atoms with Crippen LogP contribution in [-0.4, -0.2) is 33.5 Å². The van der Waals surface area contributed by atoms with Crippen molar-refractivity contribution in [3.8, 4) is 11.5 Å². The zero-order chi connectivity index (χ0) is 14.7. The van der Waals surface area contributed by atoms with Crippen LogP contribution in [0.15, 0.2) is 12.1 Å². The van der Waals surface area contributed by atoms with Gasteiger partial charge in [-0.15, -0.1) is 0 Å². The first kappa shape index (κ1) is 15.1. The second-order valence-electron chi connectivity index (χ2n) is 5.39. The summed E-state index contributed by atoms with van der Waals surface area (Å²) in [6.07, 6.45) is 2.76. The lowest BCUT2D eigenvalue weighted by Gasteiger charge is -2.26. The fourth-order valence-corrected chi connectivity index (χ4v) is 2.95. The average molecular weight is 279 g/mol. The van der Waals surface area contributed by atoms with E-state index in [9.17, 15) is 0 Å². The molecular formula is C16H25NO3. The van der Waals surface area contributed by atoms with Crippen LogP contribution in [0, 0.1) is 6.92 Å². The Kier molecular flexibility index (Phi) is 4.89. The van der Waals surface area contributed by atoms with E-state index in [2.05, 4.69) is 25.2 Å². The number of benzene rings is 1. The normalized spacial score (nSPS) is 23.6. The van der Waals surface area contributed by atoms with Gasteiger partial charge in [0.1, 0.15) is 0 Å². The molecule has 1 aromatic rings. The Labute approximate surface area is 121 Å². The molecule has 1 aromatic carbocycles. The fraction of sp³-hybridized carbons (Fsp3) is 0.625. The molecule has 112 valence electrons. The Morgan fingerprint density at radius 3 is 2.35 bits per heavy atom. The van der Waals surface area contributed by atoms with Gasteiger partial charge >= 0.3 is 0 Å². The SMILES string of the molecule is CNC(c1cc(OC)c(OC)cc1C)C1CCC(C)O1. The van der Waals surface area contributed by atoms with E-state index in [1.165, 1.54) is 11.1 Å². The fourth-order valence-electron chi connectivity index (χ4n) is 2.95. The van der Waals surface area contributed by atoms with E-state index < -0.39 is 0 Å². The largest absolute Gasteiger partial charge is 0.493 e. The summed E-state index contributed by atoms with van der Waals surface area (Å²) in [5, 5.41) is 3.39. The molecule has 3 unspecified atom stereocenters. The number of ether oxygens (including phenoxy) is 3. The molecule has 3 atom stereocenters. The van der Waals surface area contributed by atoms with Gasteiger partial charge in [0.25, 0.3) is 0 Å². The standard InChI is InChI=1S/C16H25NO3/c1-10-8-14(18-4)15(19-5)9-12(10)16(17-3)13-7-6-11(2)20-13/h8-9,11,13,16-17H,6-7H2,1-5H3. The number of likely N-dealkylation sites (N-methyl/N-ethyl adjacent to an activating group) is 1. The van der Waals surface area contributed by atoms with Gasteiger partial charge < -0.3 is 19.5 Å². The van der Waals surface area contributed by atoms with Crippen molar-refractivity contribution in [2.24, 2.45) is 0 Å². The number of hydrogen-bond acceptors (Lipinski definition) is 4. The zero-order valence-corrected chi connectivity index (χ0v) is 13.0. The Bertz CT molecular complexity index is 461. The van der Waals surface area contributed by atoms with E-state index in [0.29, 0.717) is 6.10 Å². The molecule has 4 nitrogen and oxygen atoms in total. The third-order valence-electron chi connectivity index (χ3n) is 4.05. The Morgan fingerprint density at radius 1 is 1.20 bits per heavy atom. The van der Waals surface area contributed by atoms with Gasteiger partial charge in [-0.25, -0.2) is 0 Å². The van der Waals surface area contributed by atoms with Gasteiger partial charge in [0, 0.05) is 0 Å². The highest BCUT2D eigenvalue weighted by Crippen LogP contribution is 2.37. The summed E-state index contributed by atoms with van der Waals surface area (Å²) in [5.74, 6) is 1.53. The van der Waals surface area contributed by atoms with Gasteiger partial charge in [-0.1, -0.05) is 0 Å². The molecule has 0 bridgehead atoms. The van der Waals surface area contributed by atoms with Crippen molar-refractivity contribution in [1.82, 2.24) is 5.32 Å². The minimum absolute atomic E-state index is 0.180. The Balaban J connectivity index is 2.34.